The normalized spacial score (nSPS) is 11.5. The summed E-state index contributed by atoms with van der Waals surface area (Å²) in [6.07, 6.45) is 0.204. The number of nitrogens with one attached hydrogen (secondary N) is 1. The van der Waals surface area contributed by atoms with Crippen molar-refractivity contribution >= 4 is 22.6 Å². The number of benzene rings is 5. The summed E-state index contributed by atoms with van der Waals surface area (Å²) in [5.74, 6) is 0.143. The largest absolute Gasteiger partial charge is 0.485 e. The van der Waals surface area contributed by atoms with Gasteiger partial charge in [-0.1, -0.05) is 97.1 Å². The van der Waals surface area contributed by atoms with Crippen LogP contribution in [0.15, 0.2) is 121 Å². The molecular weight excluding hydrogens is 500 g/mol. The van der Waals surface area contributed by atoms with Crippen LogP contribution >= 0.6 is 0 Å². The molecule has 0 saturated carbocycles. The number of hydrogen-bond acceptors (Lipinski definition) is 4. The molecule has 0 heterocycles. The summed E-state index contributed by atoms with van der Waals surface area (Å²) >= 11 is 0. The number of rotatable bonds is 11. The van der Waals surface area contributed by atoms with Crippen molar-refractivity contribution in [2.24, 2.45) is 5.73 Å². The van der Waals surface area contributed by atoms with Crippen molar-refractivity contribution in [1.82, 2.24) is 5.32 Å². The van der Waals surface area contributed by atoms with Crippen molar-refractivity contribution in [1.29, 1.82) is 0 Å². The van der Waals surface area contributed by atoms with Crippen LogP contribution in [0.1, 0.15) is 27.0 Å². The molecule has 0 bridgehead atoms. The van der Waals surface area contributed by atoms with Crippen LogP contribution < -0.4 is 20.5 Å². The zero-order valence-electron chi connectivity index (χ0n) is 22.0. The van der Waals surface area contributed by atoms with Gasteiger partial charge < -0.3 is 20.5 Å². The highest BCUT2D eigenvalue weighted by atomic mass is 16.5. The Morgan fingerprint density at radius 2 is 1.23 bits per heavy atom. The number of hydrogen-bond donors (Lipinski definition) is 2. The van der Waals surface area contributed by atoms with E-state index in [0.717, 1.165) is 27.5 Å². The van der Waals surface area contributed by atoms with E-state index in [1.165, 1.54) is 0 Å². The molecule has 5 aromatic carbocycles. The first-order chi connectivity index (χ1) is 19.5. The standard InChI is InChI=1S/C34H30N2O4/c35-33(37)30(36-34(38)29-17-16-27-13-7-8-14-28(27)21-29)19-26-15-18-31(39-22-24-9-3-1-4-10-24)32(20-26)40-23-25-11-5-2-6-12-25/h1-18,20-21,30H,19,22-23H2,(H2,35,37)(H,36,38)/t30-/m1/s1. The van der Waals surface area contributed by atoms with Gasteiger partial charge >= 0.3 is 0 Å². The Bertz CT molecular complexity index is 1600. The second kappa shape index (κ2) is 12.6. The van der Waals surface area contributed by atoms with Gasteiger partial charge in [0.15, 0.2) is 11.5 Å². The molecule has 0 spiro atoms. The summed E-state index contributed by atoms with van der Waals surface area (Å²) in [4.78, 5) is 25.4. The molecule has 0 aliphatic carbocycles. The van der Waals surface area contributed by atoms with E-state index in [9.17, 15) is 9.59 Å². The van der Waals surface area contributed by atoms with E-state index in [4.69, 9.17) is 15.2 Å². The number of carbonyl (C=O) groups is 2. The van der Waals surface area contributed by atoms with Crippen LogP contribution in [0.5, 0.6) is 11.5 Å². The summed E-state index contributed by atoms with van der Waals surface area (Å²) < 4.78 is 12.2. The van der Waals surface area contributed by atoms with Gasteiger partial charge in [-0.25, -0.2) is 0 Å². The van der Waals surface area contributed by atoms with Gasteiger partial charge in [-0.15, -0.1) is 0 Å². The van der Waals surface area contributed by atoms with E-state index < -0.39 is 11.9 Å². The van der Waals surface area contributed by atoms with E-state index in [1.54, 1.807) is 12.1 Å². The Kier molecular flexibility index (Phi) is 8.37. The molecule has 3 N–H and O–H groups in total. The van der Waals surface area contributed by atoms with E-state index in [1.807, 2.05) is 109 Å². The Balaban J connectivity index is 1.33. The summed E-state index contributed by atoms with van der Waals surface area (Å²) in [6, 6.07) is 37.5. The number of ether oxygens (including phenoxy) is 2. The van der Waals surface area contributed by atoms with Crippen LogP contribution in [0, 0.1) is 0 Å². The Morgan fingerprint density at radius 3 is 1.88 bits per heavy atom. The van der Waals surface area contributed by atoms with Crippen LogP contribution in [0.25, 0.3) is 10.8 Å². The average Bonchev–Trinajstić information content (AvgIpc) is 2.99. The second-order valence-electron chi connectivity index (χ2n) is 9.52. The lowest BCUT2D eigenvalue weighted by Crippen LogP contribution is -2.45. The summed E-state index contributed by atoms with van der Waals surface area (Å²) in [6.45, 7) is 0.734. The molecule has 0 aliphatic rings. The van der Waals surface area contributed by atoms with Crippen molar-refractivity contribution in [3.8, 4) is 11.5 Å². The highest BCUT2D eigenvalue weighted by Gasteiger charge is 2.21. The first kappa shape index (κ1) is 26.5. The molecule has 0 unspecified atom stereocenters. The zero-order chi connectivity index (χ0) is 27.7. The fourth-order valence-electron chi connectivity index (χ4n) is 4.41. The minimum absolute atomic E-state index is 0.204. The van der Waals surface area contributed by atoms with Crippen molar-refractivity contribution in [3.63, 3.8) is 0 Å². The van der Waals surface area contributed by atoms with E-state index >= 15 is 0 Å². The van der Waals surface area contributed by atoms with Crippen molar-refractivity contribution in [3.05, 3.63) is 144 Å². The Morgan fingerprint density at radius 1 is 0.625 bits per heavy atom. The van der Waals surface area contributed by atoms with E-state index in [0.29, 0.717) is 30.3 Å². The minimum atomic E-state index is -0.906. The molecule has 6 heteroatoms. The predicted octanol–water partition coefficient (Wildman–Crippen LogP) is 5.82. The minimum Gasteiger partial charge on any atom is -0.485 e. The lowest BCUT2D eigenvalue weighted by molar-refractivity contribution is -0.119. The van der Waals surface area contributed by atoms with Gasteiger partial charge in [0.05, 0.1) is 0 Å². The van der Waals surface area contributed by atoms with Crippen LogP contribution in [-0.4, -0.2) is 17.9 Å². The quantitative estimate of drug-likeness (QED) is 0.225. The van der Waals surface area contributed by atoms with Gasteiger partial charge in [-0.2, -0.15) is 0 Å². The average molecular weight is 531 g/mol. The molecule has 0 aliphatic heterocycles. The van der Waals surface area contributed by atoms with Crippen LogP contribution in [0.3, 0.4) is 0 Å². The lowest BCUT2D eigenvalue weighted by Gasteiger charge is -2.18. The van der Waals surface area contributed by atoms with Crippen LogP contribution in [0.4, 0.5) is 0 Å². The first-order valence-corrected chi connectivity index (χ1v) is 13.1. The number of amides is 2. The van der Waals surface area contributed by atoms with Gasteiger partial charge in [-0.05, 0) is 51.7 Å². The number of fused-ring (bicyclic) bond motifs is 1. The molecule has 2 amide bonds. The molecule has 200 valence electrons. The monoisotopic (exact) mass is 530 g/mol. The van der Waals surface area contributed by atoms with Gasteiger partial charge in [0.1, 0.15) is 19.3 Å². The molecule has 5 aromatic rings. The fraction of sp³-hybridized carbons (Fsp3) is 0.118. The number of primary amides is 1. The second-order valence-corrected chi connectivity index (χ2v) is 9.52. The Hall–Kier alpha value is -5.10. The zero-order valence-corrected chi connectivity index (χ0v) is 22.0. The maximum absolute atomic E-state index is 13.0. The van der Waals surface area contributed by atoms with Crippen LogP contribution in [0.2, 0.25) is 0 Å². The number of carbonyl (C=O) groups excluding carboxylic acids is 2. The van der Waals surface area contributed by atoms with Crippen molar-refractivity contribution < 1.29 is 19.1 Å². The van der Waals surface area contributed by atoms with Gasteiger partial charge in [-0.3, -0.25) is 9.59 Å². The van der Waals surface area contributed by atoms with E-state index in [2.05, 4.69) is 5.32 Å². The Labute approximate surface area is 233 Å². The van der Waals surface area contributed by atoms with Crippen LogP contribution in [-0.2, 0) is 24.4 Å². The SMILES string of the molecule is NC(=O)[C@@H](Cc1ccc(OCc2ccccc2)c(OCc2ccccc2)c1)NC(=O)c1ccc2ccccc2c1. The van der Waals surface area contributed by atoms with Gasteiger partial charge in [0, 0.05) is 12.0 Å². The fourth-order valence-corrected chi connectivity index (χ4v) is 4.41. The first-order valence-electron chi connectivity index (χ1n) is 13.1. The molecule has 40 heavy (non-hydrogen) atoms. The third kappa shape index (κ3) is 6.85. The van der Waals surface area contributed by atoms with Crippen molar-refractivity contribution in [2.75, 3.05) is 0 Å². The maximum Gasteiger partial charge on any atom is 0.251 e. The third-order valence-corrected chi connectivity index (χ3v) is 6.58. The molecule has 0 fully saturated rings. The smallest absolute Gasteiger partial charge is 0.251 e. The molecule has 5 rings (SSSR count). The highest BCUT2D eigenvalue weighted by molar-refractivity contribution is 6.00. The van der Waals surface area contributed by atoms with E-state index in [-0.39, 0.29) is 12.3 Å². The molecular formula is C34H30N2O4. The highest BCUT2D eigenvalue weighted by Crippen LogP contribution is 2.31. The van der Waals surface area contributed by atoms with Gasteiger partial charge in [0.2, 0.25) is 5.91 Å². The molecule has 1 atom stereocenters. The summed E-state index contributed by atoms with van der Waals surface area (Å²) in [5, 5.41) is 4.77. The summed E-state index contributed by atoms with van der Waals surface area (Å²) in [7, 11) is 0. The molecule has 6 nitrogen and oxygen atoms in total. The van der Waals surface area contributed by atoms with Crippen molar-refractivity contribution in [2.45, 2.75) is 25.7 Å². The maximum atomic E-state index is 13.0. The molecule has 0 radical (unpaired) electrons. The molecule has 0 aromatic heterocycles. The van der Waals surface area contributed by atoms with Gasteiger partial charge in [0.25, 0.3) is 5.91 Å². The lowest BCUT2D eigenvalue weighted by atomic mass is 10.0. The predicted molar refractivity (Wildman–Crippen MR) is 156 cm³/mol. The topological polar surface area (TPSA) is 90.7 Å². The molecule has 0 saturated heterocycles. The third-order valence-electron chi connectivity index (χ3n) is 6.58. The summed E-state index contributed by atoms with van der Waals surface area (Å²) in [5.41, 5.74) is 8.99. The number of nitrogens with two attached hydrogens (primary N) is 1.